The van der Waals surface area contributed by atoms with Crippen molar-refractivity contribution in [3.05, 3.63) is 34.9 Å². The van der Waals surface area contributed by atoms with Gasteiger partial charge in [-0.1, -0.05) is 43.6 Å². The van der Waals surface area contributed by atoms with E-state index in [1.54, 1.807) is 0 Å². The molecule has 4 heteroatoms. The maximum Gasteiger partial charge on any atom is 0.0438 e. The van der Waals surface area contributed by atoms with E-state index in [1.165, 1.54) is 23.5 Å². The van der Waals surface area contributed by atoms with E-state index in [4.69, 9.17) is 11.6 Å². The molecule has 0 aromatic heterocycles. The molecule has 1 heterocycles. The second kappa shape index (κ2) is 8.57. The van der Waals surface area contributed by atoms with Crippen molar-refractivity contribution in [1.82, 2.24) is 5.32 Å². The highest BCUT2D eigenvalue weighted by atomic mass is 35.5. The summed E-state index contributed by atoms with van der Waals surface area (Å²) >= 11 is 10.6. The summed E-state index contributed by atoms with van der Waals surface area (Å²) in [6, 6.07) is 8.77. The number of rotatable bonds is 6. The average molecular weight is 330 g/mol. The van der Waals surface area contributed by atoms with Crippen LogP contribution in [0.5, 0.6) is 0 Å². The van der Waals surface area contributed by atoms with Gasteiger partial charge in [-0.3, -0.25) is 0 Å². The summed E-state index contributed by atoms with van der Waals surface area (Å²) in [6.45, 7) is 5.68. The fourth-order valence-electron chi connectivity index (χ4n) is 2.63. The van der Waals surface area contributed by atoms with Crippen LogP contribution in [0.3, 0.4) is 0 Å². The van der Waals surface area contributed by atoms with Crippen LogP contribution in [-0.4, -0.2) is 34.6 Å². The van der Waals surface area contributed by atoms with Crippen molar-refractivity contribution >= 4 is 35.1 Å². The third kappa shape index (κ3) is 4.59. The molecule has 20 heavy (non-hydrogen) atoms. The quantitative estimate of drug-likeness (QED) is 0.826. The topological polar surface area (TPSA) is 12.0 Å². The third-order valence-corrected chi connectivity index (χ3v) is 7.31. The van der Waals surface area contributed by atoms with E-state index in [-0.39, 0.29) is 0 Å². The molecule has 1 nitrogen and oxygen atoms in total. The highest BCUT2D eigenvalue weighted by Crippen LogP contribution is 2.34. The lowest BCUT2D eigenvalue weighted by molar-refractivity contribution is 0.487. The molecular formula is C16H24ClNS2. The molecule has 2 rings (SSSR count). The third-order valence-electron chi connectivity index (χ3n) is 3.69. The van der Waals surface area contributed by atoms with Gasteiger partial charge < -0.3 is 5.32 Å². The molecule has 0 spiro atoms. The van der Waals surface area contributed by atoms with E-state index in [2.05, 4.69) is 54.8 Å². The zero-order valence-electron chi connectivity index (χ0n) is 12.3. The van der Waals surface area contributed by atoms with Crippen LogP contribution >= 0.6 is 35.1 Å². The lowest BCUT2D eigenvalue weighted by Gasteiger charge is -2.35. The van der Waals surface area contributed by atoms with Gasteiger partial charge in [0, 0.05) is 33.1 Å². The Labute approximate surface area is 136 Å². The molecule has 1 saturated heterocycles. The van der Waals surface area contributed by atoms with E-state index < -0.39 is 0 Å². The molecule has 0 amide bonds. The highest BCUT2D eigenvalue weighted by Gasteiger charge is 2.30. The molecule has 0 saturated carbocycles. The van der Waals surface area contributed by atoms with Gasteiger partial charge in [0.2, 0.25) is 0 Å². The van der Waals surface area contributed by atoms with Gasteiger partial charge in [-0.15, -0.1) is 0 Å². The second-order valence-corrected chi connectivity index (χ2v) is 8.45. The summed E-state index contributed by atoms with van der Waals surface area (Å²) in [4.78, 5) is 0. The van der Waals surface area contributed by atoms with Crippen molar-refractivity contribution in [2.45, 2.75) is 43.2 Å². The van der Waals surface area contributed by atoms with Crippen molar-refractivity contribution in [1.29, 1.82) is 0 Å². The molecule has 1 fully saturated rings. The largest absolute Gasteiger partial charge is 0.313 e. The Morgan fingerprint density at radius 2 is 2.05 bits per heavy atom. The van der Waals surface area contributed by atoms with Gasteiger partial charge in [0.15, 0.2) is 0 Å². The fraction of sp³-hybridized carbons (Fsp3) is 0.625. The van der Waals surface area contributed by atoms with E-state index in [1.807, 2.05) is 12.1 Å². The minimum absolute atomic E-state index is 0.516. The molecule has 0 bridgehead atoms. The zero-order valence-corrected chi connectivity index (χ0v) is 14.7. The molecule has 0 aliphatic carbocycles. The van der Waals surface area contributed by atoms with Crippen LogP contribution in [0, 0.1) is 0 Å². The molecule has 1 aromatic rings. The minimum Gasteiger partial charge on any atom is -0.313 e. The van der Waals surface area contributed by atoms with E-state index in [0.717, 1.165) is 18.0 Å². The monoisotopic (exact) mass is 329 g/mol. The zero-order chi connectivity index (χ0) is 14.4. The molecule has 112 valence electrons. The Morgan fingerprint density at radius 1 is 1.30 bits per heavy atom. The van der Waals surface area contributed by atoms with Crippen LogP contribution in [0.4, 0.5) is 0 Å². The van der Waals surface area contributed by atoms with Gasteiger partial charge in [-0.05, 0) is 31.0 Å². The summed E-state index contributed by atoms with van der Waals surface area (Å²) < 4.78 is 0. The van der Waals surface area contributed by atoms with Crippen molar-refractivity contribution in [2.24, 2.45) is 0 Å². The highest BCUT2D eigenvalue weighted by molar-refractivity contribution is 8.07. The van der Waals surface area contributed by atoms with Gasteiger partial charge >= 0.3 is 0 Å². The Morgan fingerprint density at radius 3 is 2.75 bits per heavy atom. The standard InChI is InChI=1S/C16H24ClNS2/c1-3-8-18-15(16-12(2)19-9-10-20-16)11-13-6-4-5-7-14(13)17/h4-7,12,15-16,18H,3,8-11H2,1-2H3. The second-order valence-electron chi connectivity index (χ2n) is 5.27. The first kappa shape index (κ1) is 16.5. The van der Waals surface area contributed by atoms with Crippen molar-refractivity contribution < 1.29 is 0 Å². The minimum atomic E-state index is 0.516. The summed E-state index contributed by atoms with van der Waals surface area (Å²) in [5.74, 6) is 2.56. The summed E-state index contributed by atoms with van der Waals surface area (Å²) in [5.41, 5.74) is 1.27. The number of hydrogen-bond acceptors (Lipinski definition) is 3. The number of nitrogens with one attached hydrogen (secondary N) is 1. The average Bonchev–Trinajstić information content (AvgIpc) is 2.46. The Hall–Kier alpha value is 0.170. The molecular weight excluding hydrogens is 306 g/mol. The molecule has 3 atom stereocenters. The number of thioether (sulfide) groups is 2. The first-order valence-corrected chi connectivity index (χ1v) is 9.90. The van der Waals surface area contributed by atoms with Gasteiger partial charge in [0.1, 0.15) is 0 Å². The van der Waals surface area contributed by atoms with Crippen molar-refractivity contribution in [3.63, 3.8) is 0 Å². The fourth-order valence-corrected chi connectivity index (χ4v) is 5.80. The van der Waals surface area contributed by atoms with Crippen molar-refractivity contribution in [3.8, 4) is 0 Å². The number of hydrogen-bond donors (Lipinski definition) is 1. The Balaban J connectivity index is 2.08. The SMILES string of the molecule is CCCNC(Cc1ccccc1Cl)C1SCCSC1C. The maximum atomic E-state index is 6.34. The van der Waals surface area contributed by atoms with Crippen LogP contribution in [0.2, 0.25) is 5.02 Å². The smallest absolute Gasteiger partial charge is 0.0438 e. The van der Waals surface area contributed by atoms with Crippen LogP contribution in [0.1, 0.15) is 25.8 Å². The lowest BCUT2D eigenvalue weighted by Crippen LogP contribution is -2.46. The van der Waals surface area contributed by atoms with Crippen molar-refractivity contribution in [2.75, 3.05) is 18.1 Å². The number of benzene rings is 1. The van der Waals surface area contributed by atoms with Crippen LogP contribution < -0.4 is 5.32 Å². The molecule has 1 N–H and O–H groups in total. The molecule has 1 aliphatic heterocycles. The summed E-state index contributed by atoms with van der Waals surface area (Å²) in [5, 5.41) is 6.04. The molecule has 1 aromatic carbocycles. The Bertz CT molecular complexity index is 413. The molecule has 3 unspecified atom stereocenters. The summed E-state index contributed by atoms with van der Waals surface area (Å²) in [6.07, 6.45) is 2.21. The van der Waals surface area contributed by atoms with Crippen LogP contribution in [-0.2, 0) is 6.42 Å². The van der Waals surface area contributed by atoms with Crippen LogP contribution in [0.15, 0.2) is 24.3 Å². The number of halogens is 1. The Kier molecular flexibility index (Phi) is 7.09. The van der Waals surface area contributed by atoms with Gasteiger partial charge in [0.05, 0.1) is 0 Å². The molecule has 0 radical (unpaired) electrons. The first-order chi connectivity index (χ1) is 9.72. The molecule has 1 aliphatic rings. The maximum absolute atomic E-state index is 6.34. The predicted octanol–water partition coefficient (Wildman–Crippen LogP) is 4.49. The normalized spacial score (nSPS) is 24.6. The summed E-state index contributed by atoms with van der Waals surface area (Å²) in [7, 11) is 0. The van der Waals surface area contributed by atoms with Gasteiger partial charge in [0.25, 0.3) is 0 Å². The first-order valence-electron chi connectivity index (χ1n) is 7.42. The van der Waals surface area contributed by atoms with Gasteiger partial charge in [-0.2, -0.15) is 23.5 Å². The lowest BCUT2D eigenvalue weighted by atomic mass is 10.0. The van der Waals surface area contributed by atoms with E-state index in [9.17, 15) is 0 Å². The van der Waals surface area contributed by atoms with E-state index >= 15 is 0 Å². The predicted molar refractivity (Wildman–Crippen MR) is 95.4 cm³/mol. The van der Waals surface area contributed by atoms with Crippen LogP contribution in [0.25, 0.3) is 0 Å². The van der Waals surface area contributed by atoms with Gasteiger partial charge in [-0.25, -0.2) is 0 Å². The van der Waals surface area contributed by atoms with E-state index in [0.29, 0.717) is 16.5 Å².